The summed E-state index contributed by atoms with van der Waals surface area (Å²) in [7, 11) is 0. The molecule has 1 aromatic carbocycles. The van der Waals surface area contributed by atoms with E-state index in [-0.39, 0.29) is 0 Å². The van der Waals surface area contributed by atoms with Crippen LogP contribution in [0.1, 0.15) is 25.3 Å². The Morgan fingerprint density at radius 2 is 2.08 bits per heavy atom. The molecule has 3 heteroatoms. The molecular formula is C10H11ClO2. The van der Waals surface area contributed by atoms with Crippen LogP contribution in [-0.4, -0.2) is 6.79 Å². The molecule has 0 bridgehead atoms. The van der Waals surface area contributed by atoms with E-state index in [4.69, 9.17) is 21.1 Å². The highest BCUT2D eigenvalue weighted by atomic mass is 35.5. The molecule has 0 N–H and O–H groups in total. The molecule has 0 amide bonds. The van der Waals surface area contributed by atoms with Gasteiger partial charge in [0.25, 0.3) is 0 Å². The first-order valence-corrected chi connectivity index (χ1v) is 4.65. The van der Waals surface area contributed by atoms with Gasteiger partial charge in [-0.05, 0) is 12.0 Å². The SMILES string of the molecule is CC(C)c1cc(Cl)cc2c1OCO2. The van der Waals surface area contributed by atoms with Crippen molar-refractivity contribution in [2.24, 2.45) is 0 Å². The molecule has 2 rings (SSSR count). The normalized spacial score (nSPS) is 13.8. The van der Waals surface area contributed by atoms with Gasteiger partial charge in [-0.2, -0.15) is 0 Å². The summed E-state index contributed by atoms with van der Waals surface area (Å²) in [5.41, 5.74) is 1.11. The molecule has 0 saturated heterocycles. The molecule has 2 nitrogen and oxygen atoms in total. The minimum Gasteiger partial charge on any atom is -0.454 e. The molecular weight excluding hydrogens is 188 g/mol. The molecule has 1 aliphatic heterocycles. The van der Waals surface area contributed by atoms with Crippen LogP contribution in [0.4, 0.5) is 0 Å². The van der Waals surface area contributed by atoms with Crippen LogP contribution in [-0.2, 0) is 0 Å². The first-order chi connectivity index (χ1) is 6.18. The predicted molar refractivity (Wildman–Crippen MR) is 51.7 cm³/mol. The molecule has 0 aliphatic carbocycles. The summed E-state index contributed by atoms with van der Waals surface area (Å²) in [6.45, 7) is 4.51. The number of hydrogen-bond donors (Lipinski definition) is 0. The molecule has 1 heterocycles. The highest BCUT2D eigenvalue weighted by molar-refractivity contribution is 6.30. The lowest BCUT2D eigenvalue weighted by molar-refractivity contribution is 0.173. The van der Waals surface area contributed by atoms with Gasteiger partial charge in [0.15, 0.2) is 11.5 Å². The summed E-state index contributed by atoms with van der Waals surface area (Å²) in [4.78, 5) is 0. The zero-order chi connectivity index (χ0) is 9.42. The van der Waals surface area contributed by atoms with Gasteiger partial charge in [0, 0.05) is 16.7 Å². The zero-order valence-electron chi connectivity index (χ0n) is 7.63. The van der Waals surface area contributed by atoms with Crippen LogP contribution in [0.2, 0.25) is 5.02 Å². The average molecular weight is 199 g/mol. The third-order valence-corrected chi connectivity index (χ3v) is 2.31. The molecule has 13 heavy (non-hydrogen) atoms. The number of hydrogen-bond acceptors (Lipinski definition) is 2. The Kier molecular flexibility index (Phi) is 2.08. The fraction of sp³-hybridized carbons (Fsp3) is 0.400. The van der Waals surface area contributed by atoms with E-state index in [1.807, 2.05) is 6.07 Å². The van der Waals surface area contributed by atoms with Crippen molar-refractivity contribution in [1.82, 2.24) is 0 Å². The van der Waals surface area contributed by atoms with E-state index in [9.17, 15) is 0 Å². The van der Waals surface area contributed by atoms with Crippen molar-refractivity contribution in [3.63, 3.8) is 0 Å². The number of halogens is 1. The van der Waals surface area contributed by atoms with Crippen molar-refractivity contribution >= 4 is 11.6 Å². The third-order valence-electron chi connectivity index (χ3n) is 2.09. The first-order valence-electron chi connectivity index (χ1n) is 4.27. The van der Waals surface area contributed by atoms with Crippen LogP contribution >= 0.6 is 11.6 Å². The average Bonchev–Trinajstić information content (AvgIpc) is 2.49. The van der Waals surface area contributed by atoms with E-state index >= 15 is 0 Å². The lowest BCUT2D eigenvalue weighted by atomic mass is 10.0. The van der Waals surface area contributed by atoms with E-state index in [1.165, 1.54) is 0 Å². The van der Waals surface area contributed by atoms with Gasteiger partial charge in [-0.15, -0.1) is 0 Å². The highest BCUT2D eigenvalue weighted by Gasteiger charge is 2.20. The predicted octanol–water partition coefficient (Wildman–Crippen LogP) is 3.19. The quantitative estimate of drug-likeness (QED) is 0.690. The standard InChI is InChI=1S/C10H11ClO2/c1-6(2)8-3-7(11)4-9-10(8)13-5-12-9/h3-4,6H,5H2,1-2H3. The van der Waals surface area contributed by atoms with Crippen LogP contribution in [0.3, 0.4) is 0 Å². The fourth-order valence-electron chi connectivity index (χ4n) is 1.43. The van der Waals surface area contributed by atoms with Gasteiger partial charge < -0.3 is 9.47 Å². The molecule has 0 radical (unpaired) electrons. The monoisotopic (exact) mass is 198 g/mol. The molecule has 0 spiro atoms. The Labute approximate surface area is 82.4 Å². The minimum absolute atomic E-state index is 0.301. The van der Waals surface area contributed by atoms with E-state index in [1.54, 1.807) is 6.07 Å². The van der Waals surface area contributed by atoms with Gasteiger partial charge in [0.2, 0.25) is 6.79 Å². The van der Waals surface area contributed by atoms with E-state index in [0.717, 1.165) is 17.1 Å². The van der Waals surface area contributed by atoms with Crippen LogP contribution in [0.15, 0.2) is 12.1 Å². The summed E-state index contributed by atoms with van der Waals surface area (Å²) in [6, 6.07) is 3.72. The fourth-order valence-corrected chi connectivity index (χ4v) is 1.65. The van der Waals surface area contributed by atoms with Crippen molar-refractivity contribution < 1.29 is 9.47 Å². The van der Waals surface area contributed by atoms with Crippen molar-refractivity contribution in [2.45, 2.75) is 19.8 Å². The largest absolute Gasteiger partial charge is 0.454 e. The molecule has 0 saturated carbocycles. The molecule has 1 aliphatic rings. The highest BCUT2D eigenvalue weighted by Crippen LogP contribution is 2.41. The second kappa shape index (κ2) is 3.11. The van der Waals surface area contributed by atoms with Crippen molar-refractivity contribution in [1.29, 1.82) is 0 Å². The summed E-state index contributed by atoms with van der Waals surface area (Å²) in [5, 5.41) is 0.702. The number of ether oxygens (including phenoxy) is 2. The Balaban J connectivity index is 2.55. The van der Waals surface area contributed by atoms with E-state index in [0.29, 0.717) is 17.7 Å². The molecule has 1 aromatic rings. The van der Waals surface area contributed by atoms with Crippen molar-refractivity contribution in [3.8, 4) is 11.5 Å². The van der Waals surface area contributed by atoms with Gasteiger partial charge in [-0.3, -0.25) is 0 Å². The van der Waals surface area contributed by atoms with Gasteiger partial charge in [0.05, 0.1) is 0 Å². The van der Waals surface area contributed by atoms with Crippen LogP contribution in [0.25, 0.3) is 0 Å². The van der Waals surface area contributed by atoms with Crippen LogP contribution < -0.4 is 9.47 Å². The zero-order valence-corrected chi connectivity index (χ0v) is 8.39. The Hall–Kier alpha value is -0.890. The van der Waals surface area contributed by atoms with Gasteiger partial charge in [-0.1, -0.05) is 25.4 Å². The molecule has 0 fully saturated rings. The smallest absolute Gasteiger partial charge is 0.231 e. The summed E-state index contributed by atoms with van der Waals surface area (Å²) < 4.78 is 10.6. The Morgan fingerprint density at radius 3 is 2.77 bits per heavy atom. The minimum atomic E-state index is 0.301. The van der Waals surface area contributed by atoms with Gasteiger partial charge in [-0.25, -0.2) is 0 Å². The first kappa shape index (κ1) is 8.70. The van der Waals surface area contributed by atoms with Gasteiger partial charge >= 0.3 is 0 Å². The van der Waals surface area contributed by atoms with Crippen LogP contribution in [0, 0.1) is 0 Å². The summed E-state index contributed by atoms with van der Waals surface area (Å²) >= 11 is 5.94. The third kappa shape index (κ3) is 1.46. The molecule has 70 valence electrons. The second-order valence-electron chi connectivity index (χ2n) is 3.38. The summed E-state index contributed by atoms with van der Waals surface area (Å²) in [5.74, 6) is 2.00. The maximum absolute atomic E-state index is 5.94. The number of rotatable bonds is 1. The summed E-state index contributed by atoms with van der Waals surface area (Å²) in [6.07, 6.45) is 0. The lowest BCUT2D eigenvalue weighted by Gasteiger charge is -2.09. The maximum atomic E-state index is 5.94. The topological polar surface area (TPSA) is 18.5 Å². The van der Waals surface area contributed by atoms with E-state index < -0.39 is 0 Å². The molecule has 0 atom stereocenters. The van der Waals surface area contributed by atoms with Crippen molar-refractivity contribution in [3.05, 3.63) is 22.7 Å². The second-order valence-corrected chi connectivity index (χ2v) is 3.82. The Morgan fingerprint density at radius 1 is 1.31 bits per heavy atom. The van der Waals surface area contributed by atoms with Gasteiger partial charge in [0.1, 0.15) is 0 Å². The Bertz CT molecular complexity index is 334. The van der Waals surface area contributed by atoms with Crippen LogP contribution in [0.5, 0.6) is 11.5 Å². The lowest BCUT2D eigenvalue weighted by Crippen LogP contribution is -1.95. The number of benzene rings is 1. The molecule has 0 aromatic heterocycles. The number of fused-ring (bicyclic) bond motifs is 1. The maximum Gasteiger partial charge on any atom is 0.231 e. The van der Waals surface area contributed by atoms with E-state index in [2.05, 4.69) is 13.8 Å². The van der Waals surface area contributed by atoms with Crippen molar-refractivity contribution in [2.75, 3.05) is 6.79 Å². The molecule has 0 unspecified atom stereocenters.